The monoisotopic (exact) mass is 317 g/mol. The Balaban J connectivity index is 2.29. The van der Waals surface area contributed by atoms with Crippen molar-refractivity contribution < 1.29 is 27.8 Å². The number of hydrogen-bond donors (Lipinski definition) is 3. The van der Waals surface area contributed by atoms with Gasteiger partial charge >= 0.3 is 5.97 Å². The minimum atomic E-state index is -4.00. The molecule has 0 bridgehead atoms. The van der Waals surface area contributed by atoms with E-state index in [1.165, 1.54) is 6.92 Å². The van der Waals surface area contributed by atoms with Gasteiger partial charge in [0, 0.05) is 6.54 Å². The molecule has 1 aliphatic rings. The first-order valence-electron chi connectivity index (χ1n) is 6.40. The van der Waals surface area contributed by atoms with E-state index >= 15 is 0 Å². The SMILES string of the molecule is Cc1cc(S(=O)(=O)NCC2(O)CCC2)cc(C(=O)O)c1F. The molecule has 1 fully saturated rings. The van der Waals surface area contributed by atoms with Crippen molar-refractivity contribution in [2.24, 2.45) is 0 Å². The lowest BCUT2D eigenvalue weighted by atomic mass is 9.81. The summed E-state index contributed by atoms with van der Waals surface area (Å²) in [6.45, 7) is 1.15. The Hall–Kier alpha value is -1.51. The number of rotatable bonds is 5. The van der Waals surface area contributed by atoms with Gasteiger partial charge in [0.05, 0.1) is 16.1 Å². The van der Waals surface area contributed by atoms with Crippen molar-refractivity contribution in [1.82, 2.24) is 4.72 Å². The molecule has 1 aromatic rings. The molecule has 6 nitrogen and oxygen atoms in total. The first kappa shape index (κ1) is 15.9. The van der Waals surface area contributed by atoms with Crippen LogP contribution in [-0.2, 0) is 10.0 Å². The molecule has 2 rings (SSSR count). The molecular formula is C13H16FNO5S. The molecule has 1 saturated carbocycles. The van der Waals surface area contributed by atoms with Crippen LogP contribution in [0.5, 0.6) is 0 Å². The molecule has 0 saturated heterocycles. The molecule has 8 heteroatoms. The number of carboxylic acid groups (broad SMARTS) is 1. The van der Waals surface area contributed by atoms with E-state index in [0.29, 0.717) is 12.8 Å². The van der Waals surface area contributed by atoms with Crippen LogP contribution in [-0.4, -0.2) is 36.7 Å². The van der Waals surface area contributed by atoms with Crippen molar-refractivity contribution in [3.63, 3.8) is 0 Å². The second-order valence-corrected chi connectivity index (χ2v) is 7.08. The van der Waals surface area contributed by atoms with Crippen LogP contribution in [0.1, 0.15) is 35.2 Å². The summed E-state index contributed by atoms with van der Waals surface area (Å²) in [7, 11) is -4.00. The summed E-state index contributed by atoms with van der Waals surface area (Å²) < 4.78 is 40.1. The molecule has 0 unspecified atom stereocenters. The molecule has 0 radical (unpaired) electrons. The third kappa shape index (κ3) is 3.22. The minimum absolute atomic E-state index is 0.0716. The summed E-state index contributed by atoms with van der Waals surface area (Å²) in [4.78, 5) is 10.6. The van der Waals surface area contributed by atoms with Crippen molar-refractivity contribution in [3.05, 3.63) is 29.1 Å². The number of benzene rings is 1. The second-order valence-electron chi connectivity index (χ2n) is 5.31. The maximum absolute atomic E-state index is 13.6. The summed E-state index contributed by atoms with van der Waals surface area (Å²) in [5, 5.41) is 18.8. The summed E-state index contributed by atoms with van der Waals surface area (Å²) in [6.07, 6.45) is 1.85. The smallest absolute Gasteiger partial charge is 0.338 e. The molecule has 0 aliphatic heterocycles. The molecule has 0 aromatic heterocycles. The molecule has 0 spiro atoms. The Morgan fingerprint density at radius 2 is 2.05 bits per heavy atom. The molecule has 1 aromatic carbocycles. The Kier molecular flexibility index (Phi) is 4.05. The molecule has 0 amide bonds. The predicted octanol–water partition coefficient (Wildman–Crippen LogP) is 1.03. The van der Waals surface area contributed by atoms with Crippen LogP contribution in [0.2, 0.25) is 0 Å². The normalized spacial score (nSPS) is 17.3. The quantitative estimate of drug-likeness (QED) is 0.752. The number of aryl methyl sites for hydroxylation is 1. The van der Waals surface area contributed by atoms with E-state index in [9.17, 15) is 22.7 Å². The molecule has 116 valence electrons. The topological polar surface area (TPSA) is 104 Å². The van der Waals surface area contributed by atoms with Crippen molar-refractivity contribution in [3.8, 4) is 0 Å². The maximum Gasteiger partial charge on any atom is 0.338 e. The van der Waals surface area contributed by atoms with E-state index < -0.39 is 33.0 Å². The maximum atomic E-state index is 13.6. The largest absolute Gasteiger partial charge is 0.478 e. The summed E-state index contributed by atoms with van der Waals surface area (Å²) in [5.41, 5.74) is -1.81. The third-order valence-electron chi connectivity index (χ3n) is 3.64. The van der Waals surface area contributed by atoms with Crippen LogP contribution in [0, 0.1) is 12.7 Å². The fourth-order valence-electron chi connectivity index (χ4n) is 2.12. The second kappa shape index (κ2) is 5.36. The van der Waals surface area contributed by atoms with E-state index in [0.717, 1.165) is 18.6 Å². The highest BCUT2D eigenvalue weighted by Crippen LogP contribution is 2.31. The average molecular weight is 317 g/mol. The van der Waals surface area contributed by atoms with E-state index in [1.54, 1.807) is 0 Å². The zero-order valence-electron chi connectivity index (χ0n) is 11.4. The fourth-order valence-corrected chi connectivity index (χ4v) is 3.35. The van der Waals surface area contributed by atoms with Crippen molar-refractivity contribution >= 4 is 16.0 Å². The summed E-state index contributed by atoms with van der Waals surface area (Å²) >= 11 is 0. The van der Waals surface area contributed by atoms with Gasteiger partial charge in [-0.25, -0.2) is 22.3 Å². The first-order valence-corrected chi connectivity index (χ1v) is 7.88. The van der Waals surface area contributed by atoms with E-state index in [2.05, 4.69) is 4.72 Å². The molecule has 0 heterocycles. The Labute approximate surface area is 121 Å². The lowest BCUT2D eigenvalue weighted by molar-refractivity contribution is -0.0271. The van der Waals surface area contributed by atoms with Crippen LogP contribution in [0.25, 0.3) is 0 Å². The van der Waals surface area contributed by atoms with Crippen molar-refractivity contribution in [1.29, 1.82) is 0 Å². The number of carboxylic acids is 1. The number of carbonyl (C=O) groups is 1. The van der Waals surface area contributed by atoms with Crippen molar-refractivity contribution in [2.75, 3.05) is 6.54 Å². The molecule has 0 atom stereocenters. The lowest BCUT2D eigenvalue weighted by Crippen LogP contribution is -2.47. The van der Waals surface area contributed by atoms with Gasteiger partial charge in [0.2, 0.25) is 10.0 Å². The fraction of sp³-hybridized carbons (Fsp3) is 0.462. The number of hydrogen-bond acceptors (Lipinski definition) is 4. The van der Waals surface area contributed by atoms with Gasteiger partial charge in [-0.3, -0.25) is 0 Å². The minimum Gasteiger partial charge on any atom is -0.478 e. The van der Waals surface area contributed by atoms with Gasteiger partial charge in [-0.2, -0.15) is 0 Å². The highest BCUT2D eigenvalue weighted by molar-refractivity contribution is 7.89. The number of sulfonamides is 1. The van der Waals surface area contributed by atoms with Crippen LogP contribution in [0.15, 0.2) is 17.0 Å². The van der Waals surface area contributed by atoms with Gasteiger partial charge in [0.25, 0.3) is 0 Å². The Morgan fingerprint density at radius 3 is 2.52 bits per heavy atom. The van der Waals surface area contributed by atoms with Gasteiger partial charge in [-0.1, -0.05) is 0 Å². The number of nitrogens with one attached hydrogen (secondary N) is 1. The van der Waals surface area contributed by atoms with Gasteiger partial charge < -0.3 is 10.2 Å². The molecule has 21 heavy (non-hydrogen) atoms. The average Bonchev–Trinajstić information content (AvgIpc) is 2.36. The van der Waals surface area contributed by atoms with Crippen LogP contribution in [0.4, 0.5) is 4.39 Å². The van der Waals surface area contributed by atoms with E-state index in [4.69, 9.17) is 5.11 Å². The molecule has 3 N–H and O–H groups in total. The van der Waals surface area contributed by atoms with Gasteiger partial charge in [0.1, 0.15) is 5.82 Å². The van der Waals surface area contributed by atoms with Crippen LogP contribution < -0.4 is 4.72 Å². The predicted molar refractivity (Wildman–Crippen MR) is 72.1 cm³/mol. The van der Waals surface area contributed by atoms with Gasteiger partial charge in [-0.05, 0) is 43.9 Å². The number of aromatic carboxylic acids is 1. The standard InChI is InChI=1S/C13H16FNO5S/c1-8-5-9(6-10(11(8)14)12(16)17)21(19,20)15-7-13(18)3-2-4-13/h5-6,15,18H,2-4,7H2,1H3,(H,16,17). The number of aliphatic hydroxyl groups is 1. The Bertz CT molecular complexity index is 682. The van der Waals surface area contributed by atoms with E-state index in [1.807, 2.05) is 0 Å². The van der Waals surface area contributed by atoms with E-state index in [-0.39, 0.29) is 17.0 Å². The highest BCUT2D eigenvalue weighted by Gasteiger charge is 2.35. The lowest BCUT2D eigenvalue weighted by Gasteiger charge is -2.36. The molecular weight excluding hydrogens is 301 g/mol. The zero-order chi connectivity index (χ0) is 15.8. The Morgan fingerprint density at radius 1 is 1.43 bits per heavy atom. The third-order valence-corrected chi connectivity index (χ3v) is 5.02. The summed E-state index contributed by atoms with van der Waals surface area (Å²) in [5.74, 6) is -2.50. The van der Waals surface area contributed by atoms with Gasteiger partial charge in [0.15, 0.2) is 0 Å². The number of halogens is 1. The highest BCUT2D eigenvalue weighted by atomic mass is 32.2. The van der Waals surface area contributed by atoms with Gasteiger partial charge in [-0.15, -0.1) is 0 Å². The molecule has 1 aliphatic carbocycles. The van der Waals surface area contributed by atoms with Crippen LogP contribution >= 0.6 is 0 Å². The van der Waals surface area contributed by atoms with Crippen molar-refractivity contribution in [2.45, 2.75) is 36.7 Å². The van der Waals surface area contributed by atoms with Crippen LogP contribution in [0.3, 0.4) is 0 Å². The first-order chi connectivity index (χ1) is 9.65. The summed E-state index contributed by atoms with van der Waals surface area (Å²) in [6, 6.07) is 1.84. The zero-order valence-corrected chi connectivity index (χ0v) is 12.2.